The number of anilines is 1. The Hall–Kier alpha value is -2.56. The number of furan rings is 1. The second kappa shape index (κ2) is 7.99. The lowest BCUT2D eigenvalue weighted by Gasteiger charge is -2.12. The minimum atomic E-state index is -1.14. The number of nitrogens with zero attached hydrogens (tertiary/aromatic N) is 3. The van der Waals surface area contributed by atoms with Gasteiger partial charge in [0.05, 0.1) is 12.8 Å². The van der Waals surface area contributed by atoms with Crippen LogP contribution in [-0.4, -0.2) is 26.8 Å². The summed E-state index contributed by atoms with van der Waals surface area (Å²) in [7, 11) is 0. The topological polar surface area (TPSA) is 81.4 Å². The van der Waals surface area contributed by atoms with Crippen LogP contribution in [0.25, 0.3) is 5.52 Å². The van der Waals surface area contributed by atoms with Crippen molar-refractivity contribution in [2.24, 2.45) is 5.73 Å². The van der Waals surface area contributed by atoms with Gasteiger partial charge < -0.3 is 15.5 Å². The van der Waals surface area contributed by atoms with E-state index in [0.717, 1.165) is 22.4 Å². The quantitative estimate of drug-likeness (QED) is 0.630. The molecule has 3 aromatic heterocycles. The van der Waals surface area contributed by atoms with E-state index in [0.29, 0.717) is 24.5 Å². The van der Waals surface area contributed by atoms with Crippen LogP contribution in [0, 0.1) is 18.8 Å². The molecule has 0 fully saturated rings. The molecule has 0 aliphatic heterocycles. The van der Waals surface area contributed by atoms with Crippen LogP contribution < -0.4 is 11.1 Å². The first-order valence-corrected chi connectivity index (χ1v) is 8.96. The van der Waals surface area contributed by atoms with E-state index in [4.69, 9.17) is 21.8 Å². The monoisotopic (exact) mass is 389 g/mol. The number of fused-ring (bicyclic) bond motifs is 1. The van der Waals surface area contributed by atoms with Crippen molar-refractivity contribution >= 4 is 22.9 Å². The molecule has 6 nitrogen and oxygen atoms in total. The molecule has 2 atom stereocenters. The molecule has 0 aliphatic carbocycles. The molecule has 27 heavy (non-hydrogen) atoms. The predicted octanol–water partition coefficient (Wildman–Crippen LogP) is 3.50. The zero-order valence-electron chi connectivity index (χ0n) is 15.4. The van der Waals surface area contributed by atoms with Crippen molar-refractivity contribution in [1.82, 2.24) is 14.6 Å². The summed E-state index contributed by atoms with van der Waals surface area (Å²) in [6.07, 6.45) is 0.807. The summed E-state index contributed by atoms with van der Waals surface area (Å²) in [4.78, 5) is 4.32. The number of halogens is 2. The van der Waals surface area contributed by atoms with Crippen molar-refractivity contribution in [1.29, 1.82) is 0 Å². The number of hydrogen-bond donors (Lipinski definition) is 2. The summed E-state index contributed by atoms with van der Waals surface area (Å²) in [5.41, 5.74) is 9.09. The van der Waals surface area contributed by atoms with Crippen LogP contribution in [0.2, 0.25) is 5.28 Å². The molecule has 3 N–H and O–H groups in total. The van der Waals surface area contributed by atoms with Gasteiger partial charge in [0.25, 0.3) is 0 Å². The first-order chi connectivity index (χ1) is 12.9. The van der Waals surface area contributed by atoms with Gasteiger partial charge in [-0.25, -0.2) is 8.91 Å². The summed E-state index contributed by atoms with van der Waals surface area (Å²) in [6, 6.07) is 3.04. The van der Waals surface area contributed by atoms with Crippen LogP contribution in [0.15, 0.2) is 22.8 Å². The van der Waals surface area contributed by atoms with Gasteiger partial charge in [-0.1, -0.05) is 5.92 Å². The van der Waals surface area contributed by atoms with Gasteiger partial charge in [0.15, 0.2) is 5.82 Å². The number of aromatic nitrogens is 3. The molecule has 0 aliphatic rings. The minimum absolute atomic E-state index is 0.0771. The molecule has 0 aromatic carbocycles. The van der Waals surface area contributed by atoms with Crippen molar-refractivity contribution in [2.75, 3.05) is 5.32 Å². The summed E-state index contributed by atoms with van der Waals surface area (Å²) in [5, 5.41) is 7.61. The summed E-state index contributed by atoms with van der Waals surface area (Å²) < 4.78 is 20.7. The van der Waals surface area contributed by atoms with Gasteiger partial charge in [0, 0.05) is 6.04 Å². The standard InChI is InChI=1S/C19H21ClFN5O/c1-4-6-16-14(9-15(22)12(3)21)11(2)17-18(24-19(20)25-26(16)17)23-10-13-7-5-8-27-13/h5,7-8,12,15H,9-10,22H2,1-3H3,(H,23,24,25)/t12-,15+/m0/s1. The van der Waals surface area contributed by atoms with Crippen LogP contribution in [-0.2, 0) is 13.0 Å². The molecule has 0 saturated heterocycles. The number of aryl methyl sites for hydroxylation is 1. The van der Waals surface area contributed by atoms with E-state index >= 15 is 0 Å². The van der Waals surface area contributed by atoms with Gasteiger partial charge in [0.2, 0.25) is 5.28 Å². The fourth-order valence-corrected chi connectivity index (χ4v) is 3.11. The minimum Gasteiger partial charge on any atom is -0.467 e. The summed E-state index contributed by atoms with van der Waals surface area (Å²) >= 11 is 6.14. The SMILES string of the molecule is CC#Cc1c(C[C@@H](N)[C@H](C)F)c(C)c2c(NCc3ccco3)nc(Cl)nn12. The molecule has 3 heterocycles. The van der Waals surface area contributed by atoms with Crippen molar-refractivity contribution in [2.45, 2.75) is 46.0 Å². The maximum Gasteiger partial charge on any atom is 0.243 e. The van der Waals surface area contributed by atoms with E-state index in [1.807, 2.05) is 19.1 Å². The van der Waals surface area contributed by atoms with Gasteiger partial charge in [0.1, 0.15) is 23.1 Å². The molecule has 0 saturated carbocycles. The zero-order valence-corrected chi connectivity index (χ0v) is 16.1. The maximum absolute atomic E-state index is 13.7. The lowest BCUT2D eigenvalue weighted by atomic mass is 10.00. The predicted molar refractivity (Wildman–Crippen MR) is 104 cm³/mol. The van der Waals surface area contributed by atoms with Crippen LogP contribution in [0.5, 0.6) is 0 Å². The fourth-order valence-electron chi connectivity index (χ4n) is 2.95. The fraction of sp³-hybridized carbons (Fsp3) is 0.368. The van der Waals surface area contributed by atoms with E-state index in [1.54, 1.807) is 17.7 Å². The molecule has 0 spiro atoms. The smallest absolute Gasteiger partial charge is 0.243 e. The van der Waals surface area contributed by atoms with E-state index < -0.39 is 12.2 Å². The van der Waals surface area contributed by atoms with Gasteiger partial charge in [-0.3, -0.25) is 0 Å². The molecule has 0 amide bonds. The largest absolute Gasteiger partial charge is 0.467 e. The summed E-state index contributed by atoms with van der Waals surface area (Å²) in [5.74, 6) is 7.24. The van der Waals surface area contributed by atoms with Gasteiger partial charge in [-0.15, -0.1) is 5.10 Å². The summed E-state index contributed by atoms with van der Waals surface area (Å²) in [6.45, 7) is 5.55. The average Bonchev–Trinajstić information content (AvgIpc) is 3.22. The Bertz CT molecular complexity index is 1000. The third kappa shape index (κ3) is 3.92. The first-order valence-electron chi connectivity index (χ1n) is 8.58. The van der Waals surface area contributed by atoms with Crippen molar-refractivity contribution in [3.63, 3.8) is 0 Å². The molecule has 3 rings (SSSR count). The van der Waals surface area contributed by atoms with Crippen LogP contribution >= 0.6 is 11.6 Å². The molecule has 0 radical (unpaired) electrons. The van der Waals surface area contributed by atoms with Crippen molar-refractivity contribution in [3.8, 4) is 11.8 Å². The highest BCUT2D eigenvalue weighted by atomic mass is 35.5. The van der Waals surface area contributed by atoms with Crippen molar-refractivity contribution < 1.29 is 8.81 Å². The van der Waals surface area contributed by atoms with Crippen LogP contribution in [0.4, 0.5) is 10.2 Å². The van der Waals surface area contributed by atoms with Gasteiger partial charge >= 0.3 is 0 Å². The third-order valence-electron chi connectivity index (χ3n) is 4.41. The maximum atomic E-state index is 13.7. The number of nitrogens with two attached hydrogens (primary N) is 1. The Kier molecular flexibility index (Phi) is 5.68. The Morgan fingerprint density at radius 2 is 2.26 bits per heavy atom. The van der Waals surface area contributed by atoms with E-state index in [9.17, 15) is 4.39 Å². The third-order valence-corrected chi connectivity index (χ3v) is 4.57. The highest BCUT2D eigenvalue weighted by molar-refractivity contribution is 6.28. The highest BCUT2D eigenvalue weighted by Gasteiger charge is 2.23. The molecule has 0 unspecified atom stereocenters. The zero-order chi connectivity index (χ0) is 19.6. The lowest BCUT2D eigenvalue weighted by Crippen LogP contribution is -2.32. The Morgan fingerprint density at radius 3 is 2.89 bits per heavy atom. The molecular formula is C19H21ClFN5O. The van der Waals surface area contributed by atoms with E-state index in [-0.39, 0.29) is 5.28 Å². The second-order valence-electron chi connectivity index (χ2n) is 6.30. The molecule has 3 aromatic rings. The van der Waals surface area contributed by atoms with E-state index in [2.05, 4.69) is 27.2 Å². The van der Waals surface area contributed by atoms with Gasteiger partial charge in [-0.05, 0) is 68.0 Å². The number of alkyl halides is 1. The van der Waals surface area contributed by atoms with Crippen molar-refractivity contribution in [3.05, 3.63) is 46.3 Å². The molecule has 142 valence electrons. The second-order valence-corrected chi connectivity index (χ2v) is 6.63. The van der Waals surface area contributed by atoms with Crippen LogP contribution in [0.1, 0.15) is 36.4 Å². The Morgan fingerprint density at radius 1 is 1.48 bits per heavy atom. The molecular weight excluding hydrogens is 369 g/mol. The molecule has 0 bridgehead atoms. The van der Waals surface area contributed by atoms with Gasteiger partial charge in [-0.2, -0.15) is 4.98 Å². The Labute approximate surface area is 161 Å². The number of rotatable bonds is 6. The van der Waals surface area contributed by atoms with Crippen LogP contribution in [0.3, 0.4) is 0 Å². The highest BCUT2D eigenvalue weighted by Crippen LogP contribution is 2.29. The van der Waals surface area contributed by atoms with E-state index in [1.165, 1.54) is 6.92 Å². The Balaban J connectivity index is 2.12. The number of hydrogen-bond acceptors (Lipinski definition) is 5. The lowest BCUT2D eigenvalue weighted by molar-refractivity contribution is 0.304. The molecule has 8 heteroatoms. The average molecular weight is 390 g/mol. The number of nitrogens with one attached hydrogen (secondary N) is 1. The normalized spacial score (nSPS) is 13.3. The first kappa shape index (κ1) is 19.2.